The van der Waals surface area contributed by atoms with E-state index in [0.29, 0.717) is 24.5 Å². The summed E-state index contributed by atoms with van der Waals surface area (Å²) in [6.07, 6.45) is 0.160. The number of nitrogens with zero attached hydrogens (tertiary/aromatic N) is 3. The second kappa shape index (κ2) is 6.80. The van der Waals surface area contributed by atoms with E-state index in [9.17, 15) is 9.59 Å². The molecule has 8 heteroatoms. The van der Waals surface area contributed by atoms with Gasteiger partial charge in [-0.1, -0.05) is 0 Å². The number of amides is 2. The molecule has 1 saturated heterocycles. The maximum atomic E-state index is 12.2. The van der Waals surface area contributed by atoms with E-state index in [-0.39, 0.29) is 12.5 Å². The van der Waals surface area contributed by atoms with Crippen LogP contribution < -0.4 is 10.1 Å². The molecule has 0 saturated carbocycles. The fourth-order valence-electron chi connectivity index (χ4n) is 2.05. The van der Waals surface area contributed by atoms with Gasteiger partial charge in [0.2, 0.25) is 11.8 Å². The Bertz CT molecular complexity index is 568. The number of hydrogen-bond donors (Lipinski definition) is 1. The van der Waals surface area contributed by atoms with Crippen LogP contribution in [0.15, 0.2) is 12.1 Å². The predicted octanol–water partition coefficient (Wildman–Crippen LogP) is 1.11. The largest absolute Gasteiger partial charge is 0.480 e. The van der Waals surface area contributed by atoms with Gasteiger partial charge in [-0.2, -0.15) is 5.10 Å². The summed E-state index contributed by atoms with van der Waals surface area (Å²) in [5.41, 5.74) is 0.0362. The number of ether oxygens (including phenoxy) is 2. The molecule has 1 aromatic heterocycles. The van der Waals surface area contributed by atoms with E-state index in [0.717, 1.165) is 0 Å². The third kappa shape index (κ3) is 4.54. The van der Waals surface area contributed by atoms with E-state index in [2.05, 4.69) is 15.5 Å². The molecule has 8 nitrogen and oxygen atoms in total. The van der Waals surface area contributed by atoms with Crippen molar-refractivity contribution in [2.45, 2.75) is 45.4 Å². The Hall–Kier alpha value is -2.38. The van der Waals surface area contributed by atoms with Crippen LogP contribution in [0.2, 0.25) is 0 Å². The highest BCUT2D eigenvalue weighted by Crippen LogP contribution is 2.21. The van der Waals surface area contributed by atoms with Gasteiger partial charge < -0.3 is 14.8 Å². The highest BCUT2D eigenvalue weighted by atomic mass is 16.6. The maximum Gasteiger partial charge on any atom is 0.410 e. The zero-order chi connectivity index (χ0) is 17.0. The first-order chi connectivity index (χ1) is 10.8. The van der Waals surface area contributed by atoms with Gasteiger partial charge in [-0.3, -0.25) is 9.69 Å². The van der Waals surface area contributed by atoms with Crippen LogP contribution in [-0.2, 0) is 16.1 Å². The highest BCUT2D eigenvalue weighted by molar-refractivity contribution is 5.87. The molecule has 2 amide bonds. The minimum atomic E-state index is -0.577. The van der Waals surface area contributed by atoms with Gasteiger partial charge in [0, 0.05) is 12.6 Å². The van der Waals surface area contributed by atoms with E-state index in [1.807, 2.05) is 0 Å². The van der Waals surface area contributed by atoms with Crippen molar-refractivity contribution in [2.75, 3.05) is 13.7 Å². The molecular formula is C15H22N4O4. The normalized spacial score (nSPS) is 17.2. The second-order valence-electron chi connectivity index (χ2n) is 6.26. The molecule has 1 N–H and O–H groups in total. The van der Waals surface area contributed by atoms with Crippen molar-refractivity contribution in [1.82, 2.24) is 20.4 Å². The Balaban J connectivity index is 1.84. The molecule has 0 bridgehead atoms. The standard InChI is InChI=1S/C15H22N4O4/c1-15(2,3)23-14(21)19-8-7-11(19)13(20)16-9-10-5-6-12(22-4)18-17-10/h5-6,11H,7-9H2,1-4H3,(H,16,20)/t11-/m1/s1. The van der Waals surface area contributed by atoms with E-state index in [1.54, 1.807) is 32.9 Å². The van der Waals surface area contributed by atoms with Crippen LogP contribution in [0, 0.1) is 0 Å². The lowest BCUT2D eigenvalue weighted by Gasteiger charge is -2.40. The van der Waals surface area contributed by atoms with Gasteiger partial charge >= 0.3 is 6.09 Å². The van der Waals surface area contributed by atoms with E-state index in [4.69, 9.17) is 9.47 Å². The number of rotatable bonds is 4. The number of methoxy groups -OCH3 is 1. The first-order valence-corrected chi connectivity index (χ1v) is 7.44. The summed E-state index contributed by atoms with van der Waals surface area (Å²) in [6, 6.07) is 2.90. The SMILES string of the molecule is COc1ccc(CNC(=O)[C@H]2CCN2C(=O)OC(C)(C)C)nn1. The lowest BCUT2D eigenvalue weighted by Crippen LogP contribution is -2.59. The number of hydrogen-bond acceptors (Lipinski definition) is 6. The molecule has 2 rings (SSSR count). The molecule has 1 aliphatic rings. The molecule has 0 radical (unpaired) electrons. The molecule has 0 aliphatic carbocycles. The molecule has 0 aromatic carbocycles. The Morgan fingerprint density at radius 1 is 1.35 bits per heavy atom. The number of carbonyl (C=O) groups is 2. The van der Waals surface area contributed by atoms with Gasteiger partial charge in [-0.15, -0.1) is 5.10 Å². The van der Waals surface area contributed by atoms with Gasteiger partial charge in [-0.05, 0) is 33.3 Å². The van der Waals surface area contributed by atoms with Crippen molar-refractivity contribution in [3.8, 4) is 5.88 Å². The lowest BCUT2D eigenvalue weighted by molar-refractivity contribution is -0.130. The van der Waals surface area contributed by atoms with E-state index < -0.39 is 17.7 Å². The summed E-state index contributed by atoms with van der Waals surface area (Å²) in [7, 11) is 1.51. The van der Waals surface area contributed by atoms with Crippen molar-refractivity contribution >= 4 is 12.0 Å². The Kier molecular flexibility index (Phi) is 5.02. The summed E-state index contributed by atoms with van der Waals surface area (Å²) in [4.78, 5) is 25.6. The molecule has 1 atom stereocenters. The number of likely N-dealkylation sites (tertiary alicyclic amines) is 1. The quantitative estimate of drug-likeness (QED) is 0.892. The highest BCUT2D eigenvalue weighted by Gasteiger charge is 2.39. The average Bonchev–Trinajstić information content (AvgIpc) is 2.42. The van der Waals surface area contributed by atoms with Crippen LogP contribution in [0.1, 0.15) is 32.9 Å². The first kappa shape index (κ1) is 17.0. The molecule has 0 spiro atoms. The van der Waals surface area contributed by atoms with Gasteiger partial charge in [0.05, 0.1) is 19.3 Å². The molecule has 23 heavy (non-hydrogen) atoms. The molecule has 126 valence electrons. The molecule has 1 aliphatic heterocycles. The summed E-state index contributed by atoms with van der Waals surface area (Å²) < 4.78 is 10.2. The van der Waals surface area contributed by atoms with E-state index in [1.165, 1.54) is 12.0 Å². The fraction of sp³-hybridized carbons (Fsp3) is 0.600. The predicted molar refractivity (Wildman–Crippen MR) is 81.8 cm³/mol. The van der Waals surface area contributed by atoms with Crippen molar-refractivity contribution in [3.05, 3.63) is 17.8 Å². The number of aromatic nitrogens is 2. The number of nitrogens with one attached hydrogen (secondary N) is 1. The molecular weight excluding hydrogens is 300 g/mol. The third-order valence-corrected chi connectivity index (χ3v) is 3.30. The van der Waals surface area contributed by atoms with Crippen LogP contribution in [0.5, 0.6) is 5.88 Å². The van der Waals surface area contributed by atoms with Crippen molar-refractivity contribution in [3.63, 3.8) is 0 Å². The molecule has 1 aromatic rings. The fourth-order valence-corrected chi connectivity index (χ4v) is 2.05. The summed E-state index contributed by atoms with van der Waals surface area (Å²) in [5, 5.41) is 10.5. The van der Waals surface area contributed by atoms with Crippen molar-refractivity contribution in [1.29, 1.82) is 0 Å². The Morgan fingerprint density at radius 2 is 2.09 bits per heavy atom. The zero-order valence-electron chi connectivity index (χ0n) is 13.8. The molecule has 1 fully saturated rings. The smallest absolute Gasteiger partial charge is 0.410 e. The van der Waals surface area contributed by atoms with Gasteiger partial charge in [-0.25, -0.2) is 4.79 Å². The van der Waals surface area contributed by atoms with Crippen molar-refractivity contribution in [2.24, 2.45) is 0 Å². The van der Waals surface area contributed by atoms with E-state index >= 15 is 0 Å². The maximum absolute atomic E-state index is 12.2. The lowest BCUT2D eigenvalue weighted by atomic mass is 10.0. The Labute approximate surface area is 135 Å². The van der Waals surface area contributed by atoms with Gasteiger partial charge in [0.15, 0.2) is 0 Å². The molecule has 2 heterocycles. The Morgan fingerprint density at radius 3 is 2.57 bits per heavy atom. The summed E-state index contributed by atoms with van der Waals surface area (Å²) in [6.45, 7) is 6.15. The van der Waals surface area contributed by atoms with Crippen molar-refractivity contribution < 1.29 is 19.1 Å². The first-order valence-electron chi connectivity index (χ1n) is 7.44. The second-order valence-corrected chi connectivity index (χ2v) is 6.26. The van der Waals surface area contributed by atoms with Crippen LogP contribution >= 0.6 is 0 Å². The zero-order valence-corrected chi connectivity index (χ0v) is 13.8. The van der Waals surface area contributed by atoms with Gasteiger partial charge in [0.25, 0.3) is 0 Å². The molecule has 0 unspecified atom stereocenters. The topological polar surface area (TPSA) is 93.7 Å². The van der Waals surface area contributed by atoms with Crippen LogP contribution in [0.4, 0.5) is 4.79 Å². The summed E-state index contributed by atoms with van der Waals surface area (Å²) in [5.74, 6) is 0.190. The van der Waals surface area contributed by atoms with Crippen LogP contribution in [-0.4, -0.2) is 52.4 Å². The monoisotopic (exact) mass is 322 g/mol. The summed E-state index contributed by atoms with van der Waals surface area (Å²) >= 11 is 0. The number of carbonyl (C=O) groups excluding carboxylic acids is 2. The minimum absolute atomic E-state index is 0.222. The average molecular weight is 322 g/mol. The van der Waals surface area contributed by atoms with Gasteiger partial charge in [0.1, 0.15) is 11.6 Å². The minimum Gasteiger partial charge on any atom is -0.480 e. The third-order valence-electron chi connectivity index (χ3n) is 3.30. The van der Waals surface area contributed by atoms with Crippen LogP contribution in [0.25, 0.3) is 0 Å². The van der Waals surface area contributed by atoms with Crippen LogP contribution in [0.3, 0.4) is 0 Å².